The van der Waals surface area contributed by atoms with Gasteiger partial charge >= 0.3 is 11.8 Å². The SMILES string of the molecule is CN=C(C=CN)[C@@H]1CC[C@@H](C)CN1C(=O)C(=O)Nc1cnc(N)c(C)c1. The Morgan fingerprint density at radius 1 is 1.42 bits per heavy atom. The van der Waals surface area contributed by atoms with Crippen LogP contribution >= 0.6 is 0 Å². The van der Waals surface area contributed by atoms with Crippen molar-refractivity contribution < 1.29 is 9.59 Å². The number of carbonyl (C=O) groups is 2. The van der Waals surface area contributed by atoms with Crippen LogP contribution in [0.1, 0.15) is 25.3 Å². The lowest BCUT2D eigenvalue weighted by Crippen LogP contribution is -2.53. The third kappa shape index (κ3) is 4.38. The molecular formula is C18H26N6O2. The second kappa shape index (κ2) is 8.46. The van der Waals surface area contributed by atoms with E-state index in [9.17, 15) is 9.59 Å². The van der Waals surface area contributed by atoms with Crippen molar-refractivity contribution in [3.05, 3.63) is 30.1 Å². The zero-order valence-electron chi connectivity index (χ0n) is 15.4. The van der Waals surface area contributed by atoms with Crippen molar-refractivity contribution in [1.29, 1.82) is 0 Å². The number of piperidine rings is 1. The number of nitrogens with two attached hydrogens (primary N) is 2. The topological polar surface area (TPSA) is 127 Å². The van der Waals surface area contributed by atoms with Gasteiger partial charge in [0.15, 0.2) is 0 Å². The number of nitrogens with zero attached hydrogens (tertiary/aromatic N) is 3. The molecule has 2 amide bonds. The minimum Gasteiger partial charge on any atom is -0.405 e. The maximum Gasteiger partial charge on any atom is 0.313 e. The van der Waals surface area contributed by atoms with Crippen LogP contribution in [0.2, 0.25) is 0 Å². The molecule has 1 saturated heterocycles. The van der Waals surface area contributed by atoms with Gasteiger partial charge in [0, 0.05) is 13.6 Å². The molecule has 2 rings (SSSR count). The molecule has 0 aromatic carbocycles. The van der Waals surface area contributed by atoms with Gasteiger partial charge in [-0.25, -0.2) is 4.98 Å². The summed E-state index contributed by atoms with van der Waals surface area (Å²) in [6.45, 7) is 4.34. The van der Waals surface area contributed by atoms with E-state index in [-0.39, 0.29) is 6.04 Å². The summed E-state index contributed by atoms with van der Waals surface area (Å²) in [6, 6.07) is 1.42. The number of pyridine rings is 1. The van der Waals surface area contributed by atoms with E-state index in [1.54, 1.807) is 31.0 Å². The molecule has 5 N–H and O–H groups in total. The molecule has 0 unspecified atom stereocenters. The first-order valence-corrected chi connectivity index (χ1v) is 8.56. The third-order valence-electron chi connectivity index (χ3n) is 4.52. The fraction of sp³-hybridized carbons (Fsp3) is 0.444. The second-order valence-electron chi connectivity index (χ2n) is 6.54. The van der Waals surface area contributed by atoms with Crippen molar-refractivity contribution >= 4 is 29.0 Å². The van der Waals surface area contributed by atoms with Gasteiger partial charge < -0.3 is 21.7 Å². The quantitative estimate of drug-likeness (QED) is 0.550. The molecule has 0 saturated carbocycles. The number of amides is 2. The zero-order chi connectivity index (χ0) is 19.3. The summed E-state index contributed by atoms with van der Waals surface area (Å²) in [5, 5.41) is 2.60. The van der Waals surface area contributed by atoms with Crippen molar-refractivity contribution in [3.63, 3.8) is 0 Å². The van der Waals surface area contributed by atoms with Crippen LogP contribution in [-0.4, -0.2) is 47.0 Å². The van der Waals surface area contributed by atoms with Gasteiger partial charge in [-0.15, -0.1) is 0 Å². The number of aromatic nitrogens is 1. The van der Waals surface area contributed by atoms with Crippen molar-refractivity contribution in [2.75, 3.05) is 24.6 Å². The van der Waals surface area contributed by atoms with Crippen molar-refractivity contribution in [2.24, 2.45) is 16.6 Å². The fourth-order valence-electron chi connectivity index (χ4n) is 3.09. The maximum absolute atomic E-state index is 12.8. The van der Waals surface area contributed by atoms with Crippen LogP contribution in [0, 0.1) is 12.8 Å². The number of hydrogen-bond acceptors (Lipinski definition) is 6. The van der Waals surface area contributed by atoms with Crippen LogP contribution in [0.15, 0.2) is 29.5 Å². The predicted octanol–water partition coefficient (Wildman–Crippen LogP) is 1.08. The molecule has 2 atom stereocenters. The van der Waals surface area contributed by atoms with Crippen LogP contribution in [0.25, 0.3) is 0 Å². The number of nitrogen functional groups attached to an aromatic ring is 1. The number of likely N-dealkylation sites (tertiary alicyclic amines) is 1. The zero-order valence-corrected chi connectivity index (χ0v) is 15.4. The average Bonchev–Trinajstić information content (AvgIpc) is 2.62. The monoisotopic (exact) mass is 358 g/mol. The number of carbonyl (C=O) groups excluding carboxylic acids is 2. The lowest BCUT2D eigenvalue weighted by Gasteiger charge is -2.38. The predicted molar refractivity (Wildman–Crippen MR) is 103 cm³/mol. The standard InChI is InChI=1S/C18H26N6O2/c1-11-4-5-15(14(21-3)6-7-19)24(10-11)18(26)17(25)23-13-8-12(2)16(20)22-9-13/h6-9,11,15H,4-5,10,19H2,1-3H3,(H2,20,22)(H,23,25)/t11-,15+/m1/s1. The number of aryl methyl sites for hydroxylation is 1. The molecule has 0 radical (unpaired) electrons. The van der Waals surface area contributed by atoms with E-state index in [2.05, 4.69) is 22.2 Å². The molecule has 0 spiro atoms. The van der Waals surface area contributed by atoms with Crippen LogP contribution in [0.4, 0.5) is 11.5 Å². The van der Waals surface area contributed by atoms with E-state index in [1.165, 1.54) is 12.4 Å². The third-order valence-corrected chi connectivity index (χ3v) is 4.52. The van der Waals surface area contributed by atoms with E-state index in [1.807, 2.05) is 0 Å². The van der Waals surface area contributed by atoms with Crippen molar-refractivity contribution in [2.45, 2.75) is 32.7 Å². The van der Waals surface area contributed by atoms with Crippen molar-refractivity contribution in [1.82, 2.24) is 9.88 Å². The highest BCUT2D eigenvalue weighted by atomic mass is 16.2. The molecule has 1 fully saturated rings. The smallest absolute Gasteiger partial charge is 0.313 e. The number of aliphatic imine (C=N–C) groups is 1. The van der Waals surface area contributed by atoms with Gasteiger partial charge in [-0.2, -0.15) is 0 Å². The molecule has 140 valence electrons. The highest BCUT2D eigenvalue weighted by Gasteiger charge is 2.35. The van der Waals surface area contributed by atoms with Crippen LogP contribution in [-0.2, 0) is 9.59 Å². The van der Waals surface area contributed by atoms with Crippen LogP contribution in [0.3, 0.4) is 0 Å². The molecule has 1 aromatic heterocycles. The summed E-state index contributed by atoms with van der Waals surface area (Å²) < 4.78 is 0. The molecule has 26 heavy (non-hydrogen) atoms. The summed E-state index contributed by atoms with van der Waals surface area (Å²) in [4.78, 5) is 35.1. The Hall–Kier alpha value is -2.90. The Morgan fingerprint density at radius 3 is 2.77 bits per heavy atom. The molecule has 8 heteroatoms. The second-order valence-corrected chi connectivity index (χ2v) is 6.54. The summed E-state index contributed by atoms with van der Waals surface area (Å²) in [5.41, 5.74) is 13.0. The first-order chi connectivity index (χ1) is 12.4. The van der Waals surface area contributed by atoms with Gasteiger partial charge in [0.2, 0.25) is 0 Å². The molecule has 2 heterocycles. The van der Waals surface area contributed by atoms with E-state index in [4.69, 9.17) is 11.5 Å². The van der Waals surface area contributed by atoms with E-state index in [0.717, 1.165) is 18.4 Å². The van der Waals surface area contributed by atoms with Gasteiger partial charge in [-0.05, 0) is 49.6 Å². The summed E-state index contributed by atoms with van der Waals surface area (Å²) >= 11 is 0. The molecule has 1 aliphatic heterocycles. The summed E-state index contributed by atoms with van der Waals surface area (Å²) in [7, 11) is 1.65. The average molecular weight is 358 g/mol. The molecule has 0 bridgehead atoms. The van der Waals surface area contributed by atoms with Gasteiger partial charge in [0.25, 0.3) is 0 Å². The highest BCUT2D eigenvalue weighted by molar-refractivity contribution is 6.40. The fourth-order valence-corrected chi connectivity index (χ4v) is 3.09. The van der Waals surface area contributed by atoms with Gasteiger partial charge in [-0.1, -0.05) is 6.92 Å². The highest BCUT2D eigenvalue weighted by Crippen LogP contribution is 2.24. The Kier molecular flexibility index (Phi) is 6.32. The first-order valence-electron chi connectivity index (χ1n) is 8.56. The Labute approximate surface area is 153 Å². The molecule has 1 aromatic rings. The number of rotatable bonds is 3. The molecule has 8 nitrogen and oxygen atoms in total. The minimum absolute atomic E-state index is 0.263. The van der Waals surface area contributed by atoms with E-state index in [0.29, 0.717) is 29.7 Å². The Bertz CT molecular complexity index is 743. The largest absolute Gasteiger partial charge is 0.405 e. The van der Waals surface area contributed by atoms with E-state index < -0.39 is 11.8 Å². The van der Waals surface area contributed by atoms with Gasteiger partial charge in [0.05, 0.1) is 23.6 Å². The number of hydrogen-bond donors (Lipinski definition) is 3. The summed E-state index contributed by atoms with van der Waals surface area (Å²) in [5.74, 6) is -0.607. The van der Waals surface area contributed by atoms with E-state index >= 15 is 0 Å². The summed E-state index contributed by atoms with van der Waals surface area (Å²) in [6.07, 6.45) is 6.19. The minimum atomic E-state index is -0.706. The first kappa shape index (κ1) is 19.4. The Balaban J connectivity index is 2.19. The molecule has 0 aliphatic carbocycles. The lowest BCUT2D eigenvalue weighted by molar-refractivity contribution is -0.145. The molecule has 1 aliphatic rings. The van der Waals surface area contributed by atoms with Crippen LogP contribution in [0.5, 0.6) is 0 Å². The van der Waals surface area contributed by atoms with Gasteiger partial charge in [-0.3, -0.25) is 14.6 Å². The number of anilines is 2. The van der Waals surface area contributed by atoms with Crippen LogP contribution < -0.4 is 16.8 Å². The molecular weight excluding hydrogens is 332 g/mol. The van der Waals surface area contributed by atoms with Gasteiger partial charge in [0.1, 0.15) is 5.82 Å². The van der Waals surface area contributed by atoms with Crippen molar-refractivity contribution in [3.8, 4) is 0 Å². The Morgan fingerprint density at radius 2 is 2.15 bits per heavy atom. The maximum atomic E-state index is 12.8. The number of nitrogens with one attached hydrogen (secondary N) is 1. The normalized spacial score (nSPS) is 21.0. The lowest BCUT2D eigenvalue weighted by atomic mass is 9.91.